The van der Waals surface area contributed by atoms with E-state index in [1.165, 1.54) is 0 Å². The van der Waals surface area contributed by atoms with Crippen molar-refractivity contribution in [2.24, 2.45) is 0 Å². The minimum absolute atomic E-state index is 0.0486. The van der Waals surface area contributed by atoms with Crippen LogP contribution in [-0.2, 0) is 19.0 Å². The molecular formula is C31H49NO5Si. The molecule has 1 aliphatic rings. The van der Waals surface area contributed by atoms with Gasteiger partial charge in [-0.3, -0.25) is 4.84 Å². The first-order valence-corrected chi connectivity index (χ1v) is 15.9. The summed E-state index contributed by atoms with van der Waals surface area (Å²) < 4.78 is 18.5. The Labute approximate surface area is 231 Å². The maximum absolute atomic E-state index is 12.4. The van der Waals surface area contributed by atoms with Gasteiger partial charge in [-0.05, 0) is 62.9 Å². The molecule has 1 heterocycles. The summed E-state index contributed by atoms with van der Waals surface area (Å²) in [6, 6.07) is 20.4. The van der Waals surface area contributed by atoms with Gasteiger partial charge in [0, 0.05) is 13.6 Å². The Bertz CT molecular complexity index is 937. The molecule has 1 N–H and O–H groups in total. The van der Waals surface area contributed by atoms with Gasteiger partial charge in [0.25, 0.3) is 8.32 Å². The van der Waals surface area contributed by atoms with Gasteiger partial charge in [0.05, 0.1) is 24.9 Å². The first-order valence-electron chi connectivity index (χ1n) is 13.9. The molecule has 0 amide bonds. The molecule has 0 aliphatic carbocycles. The van der Waals surface area contributed by atoms with Crippen molar-refractivity contribution >= 4 is 18.7 Å². The van der Waals surface area contributed by atoms with Gasteiger partial charge in [-0.1, -0.05) is 80.9 Å². The molecule has 0 aromatic heterocycles. The molecule has 1 saturated heterocycles. The fourth-order valence-corrected chi connectivity index (χ4v) is 9.22. The van der Waals surface area contributed by atoms with Crippen molar-refractivity contribution in [1.82, 2.24) is 5.06 Å². The summed E-state index contributed by atoms with van der Waals surface area (Å²) in [4.78, 5) is 18.2. The number of likely N-dealkylation sites (N-methyl/N-ethyl adjacent to an activating group) is 1. The molecular weight excluding hydrogens is 494 g/mol. The molecule has 38 heavy (non-hydrogen) atoms. The standard InChI is InChI=1S/C31H49NO5Si/c1-29(2,3)37-32(8)22-23-34-24-28-27(35-31(6,7)36-28)20-15-21-30(4,5)38(33,25-16-11-9-12-17-25)26-18-13-10-14-19-26/h9-14,16-19,27-28,33H,15,20-24H2,1-8H3/t27-,28?/m0/s1. The highest BCUT2D eigenvalue weighted by Crippen LogP contribution is 2.41. The normalized spacial score (nSPS) is 20.3. The summed E-state index contributed by atoms with van der Waals surface area (Å²) in [5.41, 5.74) is -0.226. The van der Waals surface area contributed by atoms with E-state index in [1.807, 2.05) is 83.1 Å². The molecule has 0 saturated carbocycles. The van der Waals surface area contributed by atoms with E-state index in [0.29, 0.717) is 19.8 Å². The van der Waals surface area contributed by atoms with E-state index in [0.717, 1.165) is 29.6 Å². The molecule has 1 fully saturated rings. The van der Waals surface area contributed by atoms with Crippen LogP contribution in [0.2, 0.25) is 5.04 Å². The average molecular weight is 544 g/mol. The fourth-order valence-electron chi connectivity index (χ4n) is 5.43. The molecule has 1 aliphatic heterocycles. The molecule has 212 valence electrons. The SMILES string of the molecule is CN(CCOCC1OC(C)(C)O[C@H]1CCCC(C)(C)[Si](O)(c1ccccc1)c1ccccc1)OC(C)(C)C. The second kappa shape index (κ2) is 12.7. The van der Waals surface area contributed by atoms with E-state index in [2.05, 4.69) is 38.1 Å². The molecule has 1 unspecified atom stereocenters. The number of nitrogens with zero attached hydrogens (tertiary/aromatic N) is 1. The van der Waals surface area contributed by atoms with Gasteiger partial charge in [0.2, 0.25) is 0 Å². The number of benzene rings is 2. The van der Waals surface area contributed by atoms with E-state index >= 15 is 0 Å². The van der Waals surface area contributed by atoms with E-state index in [-0.39, 0.29) is 22.8 Å². The smallest absolute Gasteiger partial charge is 0.258 e. The Morgan fingerprint density at radius 1 is 0.895 bits per heavy atom. The van der Waals surface area contributed by atoms with Crippen LogP contribution in [0.1, 0.15) is 67.7 Å². The van der Waals surface area contributed by atoms with Gasteiger partial charge in [0.15, 0.2) is 5.79 Å². The number of rotatable bonds is 13. The molecule has 0 radical (unpaired) electrons. The topological polar surface area (TPSA) is 60.4 Å². The zero-order chi connectivity index (χ0) is 28.0. The highest BCUT2D eigenvalue weighted by Gasteiger charge is 2.50. The maximum Gasteiger partial charge on any atom is 0.258 e. The first-order chi connectivity index (χ1) is 17.7. The molecule has 3 rings (SSSR count). The second-order valence-electron chi connectivity index (χ2n) is 12.6. The van der Waals surface area contributed by atoms with Crippen LogP contribution in [0.15, 0.2) is 60.7 Å². The van der Waals surface area contributed by atoms with Crippen LogP contribution >= 0.6 is 0 Å². The minimum atomic E-state index is -3.02. The van der Waals surface area contributed by atoms with E-state index in [9.17, 15) is 4.80 Å². The highest BCUT2D eigenvalue weighted by molar-refractivity contribution is 6.98. The van der Waals surface area contributed by atoms with Crippen molar-refractivity contribution in [2.75, 3.05) is 26.8 Å². The Kier molecular flexibility index (Phi) is 10.4. The van der Waals surface area contributed by atoms with Gasteiger partial charge in [0.1, 0.15) is 6.10 Å². The third-order valence-electron chi connectivity index (χ3n) is 7.20. The average Bonchev–Trinajstić information content (AvgIpc) is 3.14. The Balaban J connectivity index is 1.61. The van der Waals surface area contributed by atoms with Crippen molar-refractivity contribution in [2.45, 2.75) is 96.4 Å². The van der Waals surface area contributed by atoms with Crippen molar-refractivity contribution in [3.63, 3.8) is 0 Å². The molecule has 7 heteroatoms. The number of ether oxygens (including phenoxy) is 3. The van der Waals surface area contributed by atoms with Gasteiger partial charge in [-0.25, -0.2) is 0 Å². The number of hydrogen-bond acceptors (Lipinski definition) is 6. The van der Waals surface area contributed by atoms with Crippen molar-refractivity contribution in [3.05, 3.63) is 60.7 Å². The van der Waals surface area contributed by atoms with Crippen LogP contribution in [0, 0.1) is 0 Å². The largest absolute Gasteiger partial charge is 0.424 e. The first kappa shape index (κ1) is 31.0. The van der Waals surface area contributed by atoms with Crippen LogP contribution in [0.5, 0.6) is 0 Å². The van der Waals surface area contributed by atoms with Crippen molar-refractivity contribution in [3.8, 4) is 0 Å². The van der Waals surface area contributed by atoms with Crippen LogP contribution in [0.25, 0.3) is 0 Å². The van der Waals surface area contributed by atoms with Crippen molar-refractivity contribution in [1.29, 1.82) is 0 Å². The van der Waals surface area contributed by atoms with E-state index < -0.39 is 14.1 Å². The highest BCUT2D eigenvalue weighted by atomic mass is 28.4. The zero-order valence-electron chi connectivity index (χ0n) is 24.7. The Morgan fingerprint density at radius 2 is 1.42 bits per heavy atom. The molecule has 0 spiro atoms. The summed E-state index contributed by atoms with van der Waals surface area (Å²) in [6.45, 7) is 16.2. The van der Waals surface area contributed by atoms with Crippen LogP contribution in [0.4, 0.5) is 0 Å². The fraction of sp³-hybridized carbons (Fsp3) is 0.613. The second-order valence-corrected chi connectivity index (χ2v) is 16.5. The quantitative estimate of drug-likeness (QED) is 0.221. The number of hydroxylamine groups is 2. The molecule has 2 atom stereocenters. The Hall–Kier alpha value is -1.58. The van der Waals surface area contributed by atoms with Gasteiger partial charge < -0.3 is 19.0 Å². The number of hydrogen-bond donors (Lipinski definition) is 1. The lowest BCUT2D eigenvalue weighted by Crippen LogP contribution is -2.65. The van der Waals surface area contributed by atoms with Gasteiger partial charge >= 0.3 is 0 Å². The van der Waals surface area contributed by atoms with E-state index in [4.69, 9.17) is 19.0 Å². The molecule has 0 bridgehead atoms. The van der Waals surface area contributed by atoms with Crippen LogP contribution in [-0.4, -0.2) is 68.6 Å². The summed E-state index contributed by atoms with van der Waals surface area (Å²) in [5, 5.41) is 3.63. The summed E-state index contributed by atoms with van der Waals surface area (Å²) in [6.07, 6.45) is 2.48. The lowest BCUT2D eigenvalue weighted by Gasteiger charge is -2.41. The van der Waals surface area contributed by atoms with Gasteiger partial charge in [-0.15, -0.1) is 0 Å². The molecule has 2 aromatic rings. The lowest BCUT2D eigenvalue weighted by atomic mass is 10.0. The zero-order valence-corrected chi connectivity index (χ0v) is 25.7. The molecule has 6 nitrogen and oxygen atoms in total. The lowest BCUT2D eigenvalue weighted by molar-refractivity contribution is -0.219. The van der Waals surface area contributed by atoms with Crippen LogP contribution < -0.4 is 10.4 Å². The summed E-state index contributed by atoms with van der Waals surface area (Å²) in [5.74, 6) is -0.635. The Morgan fingerprint density at radius 3 is 1.95 bits per heavy atom. The predicted molar refractivity (Wildman–Crippen MR) is 156 cm³/mol. The van der Waals surface area contributed by atoms with Crippen LogP contribution in [0.3, 0.4) is 0 Å². The molecule has 2 aromatic carbocycles. The summed E-state index contributed by atoms with van der Waals surface area (Å²) >= 11 is 0. The monoisotopic (exact) mass is 543 g/mol. The summed E-state index contributed by atoms with van der Waals surface area (Å²) in [7, 11) is -1.10. The van der Waals surface area contributed by atoms with Gasteiger partial charge in [-0.2, -0.15) is 5.06 Å². The van der Waals surface area contributed by atoms with Crippen molar-refractivity contribution < 1.29 is 23.8 Å². The third-order valence-corrected chi connectivity index (χ3v) is 11.7. The minimum Gasteiger partial charge on any atom is -0.424 e. The van der Waals surface area contributed by atoms with E-state index in [1.54, 1.807) is 0 Å². The third kappa shape index (κ3) is 8.21. The predicted octanol–water partition coefficient (Wildman–Crippen LogP) is 4.89. The maximum atomic E-state index is 12.4.